The van der Waals surface area contributed by atoms with Gasteiger partial charge in [0, 0.05) is 23.7 Å². The van der Waals surface area contributed by atoms with Crippen LogP contribution in [0.4, 0.5) is 8.78 Å². The summed E-state index contributed by atoms with van der Waals surface area (Å²) in [7, 11) is 0. The molecule has 0 spiro atoms. The van der Waals surface area contributed by atoms with Crippen LogP contribution in [0.25, 0.3) is 0 Å². The Bertz CT molecular complexity index is 380. The van der Waals surface area contributed by atoms with Crippen molar-refractivity contribution < 1.29 is 13.9 Å². The van der Waals surface area contributed by atoms with E-state index in [1.165, 1.54) is 6.07 Å². The smallest absolute Gasteiger partial charge is 0.131 e. The van der Waals surface area contributed by atoms with Gasteiger partial charge in [-0.3, -0.25) is 0 Å². The average molecular weight is 243 g/mol. The summed E-state index contributed by atoms with van der Waals surface area (Å²) in [5.41, 5.74) is 0.00288. The molecular weight excluding hydrogens is 224 g/mol. The second-order valence-electron chi connectivity index (χ2n) is 4.80. The van der Waals surface area contributed by atoms with E-state index in [4.69, 9.17) is 0 Å². The summed E-state index contributed by atoms with van der Waals surface area (Å²) < 4.78 is 26.1. The van der Waals surface area contributed by atoms with Gasteiger partial charge in [0.1, 0.15) is 11.6 Å². The van der Waals surface area contributed by atoms with Gasteiger partial charge in [0.15, 0.2) is 0 Å². The van der Waals surface area contributed by atoms with Crippen LogP contribution in [-0.2, 0) is 0 Å². The zero-order valence-corrected chi connectivity index (χ0v) is 10.4. The predicted molar refractivity (Wildman–Crippen MR) is 63.7 cm³/mol. The van der Waals surface area contributed by atoms with Crippen molar-refractivity contribution in [2.45, 2.75) is 38.8 Å². The van der Waals surface area contributed by atoms with Crippen molar-refractivity contribution in [3.8, 4) is 0 Å². The molecule has 0 aliphatic carbocycles. The van der Waals surface area contributed by atoms with E-state index in [9.17, 15) is 13.9 Å². The second kappa shape index (κ2) is 5.56. The van der Waals surface area contributed by atoms with Crippen molar-refractivity contribution in [2.24, 2.45) is 0 Å². The SMILES string of the molecule is CCC(C)(C)NCC(O)c1ccc(F)cc1F. The highest BCUT2D eigenvalue weighted by molar-refractivity contribution is 5.21. The number of halogens is 2. The summed E-state index contributed by atoms with van der Waals surface area (Å²) in [5.74, 6) is -1.35. The Labute approximate surface area is 101 Å². The fourth-order valence-electron chi connectivity index (χ4n) is 1.38. The van der Waals surface area contributed by atoms with Crippen LogP contribution in [0.3, 0.4) is 0 Å². The van der Waals surface area contributed by atoms with Crippen molar-refractivity contribution in [3.05, 3.63) is 35.4 Å². The first kappa shape index (κ1) is 14.1. The van der Waals surface area contributed by atoms with Crippen LogP contribution in [0.1, 0.15) is 38.9 Å². The highest BCUT2D eigenvalue weighted by atomic mass is 19.1. The minimum absolute atomic E-state index is 0.114. The lowest BCUT2D eigenvalue weighted by molar-refractivity contribution is 0.156. The van der Waals surface area contributed by atoms with Gasteiger partial charge < -0.3 is 10.4 Å². The van der Waals surface area contributed by atoms with Gasteiger partial charge in [-0.15, -0.1) is 0 Å². The fourth-order valence-corrected chi connectivity index (χ4v) is 1.38. The normalized spacial score (nSPS) is 13.8. The first-order valence-electron chi connectivity index (χ1n) is 5.74. The van der Waals surface area contributed by atoms with E-state index in [2.05, 4.69) is 5.32 Å². The summed E-state index contributed by atoms with van der Waals surface area (Å²) in [5, 5.41) is 13.0. The third-order valence-corrected chi connectivity index (χ3v) is 2.98. The van der Waals surface area contributed by atoms with Crippen LogP contribution in [-0.4, -0.2) is 17.2 Å². The third-order valence-electron chi connectivity index (χ3n) is 2.98. The standard InChI is InChI=1S/C13H19F2NO/c1-4-13(2,3)16-8-12(17)10-6-5-9(14)7-11(10)15/h5-7,12,16-17H,4,8H2,1-3H3. The lowest BCUT2D eigenvalue weighted by Gasteiger charge is -2.26. The number of aliphatic hydroxyl groups excluding tert-OH is 1. The number of rotatable bonds is 5. The zero-order chi connectivity index (χ0) is 13.1. The van der Waals surface area contributed by atoms with Crippen LogP contribution in [0.2, 0.25) is 0 Å². The Morgan fingerprint density at radius 2 is 2.00 bits per heavy atom. The van der Waals surface area contributed by atoms with Gasteiger partial charge in [-0.1, -0.05) is 13.0 Å². The third kappa shape index (κ3) is 4.06. The van der Waals surface area contributed by atoms with E-state index in [1.54, 1.807) is 0 Å². The molecule has 1 unspecified atom stereocenters. The van der Waals surface area contributed by atoms with E-state index in [-0.39, 0.29) is 17.6 Å². The van der Waals surface area contributed by atoms with Crippen LogP contribution < -0.4 is 5.32 Å². The van der Waals surface area contributed by atoms with Crippen molar-refractivity contribution in [1.82, 2.24) is 5.32 Å². The lowest BCUT2D eigenvalue weighted by atomic mass is 10.0. The van der Waals surface area contributed by atoms with E-state index >= 15 is 0 Å². The maximum atomic E-state index is 13.4. The molecule has 1 atom stereocenters. The summed E-state index contributed by atoms with van der Waals surface area (Å²) in [6.07, 6.45) is -0.0764. The molecule has 1 aromatic rings. The molecular formula is C13H19F2NO. The Balaban J connectivity index is 2.67. The molecule has 1 aromatic carbocycles. The van der Waals surface area contributed by atoms with E-state index in [1.807, 2.05) is 20.8 Å². The fraction of sp³-hybridized carbons (Fsp3) is 0.538. The van der Waals surface area contributed by atoms with Crippen LogP contribution >= 0.6 is 0 Å². The highest BCUT2D eigenvalue weighted by Gasteiger charge is 2.18. The van der Waals surface area contributed by atoms with E-state index in [0.29, 0.717) is 0 Å². The summed E-state index contributed by atoms with van der Waals surface area (Å²) in [4.78, 5) is 0. The molecule has 0 saturated carbocycles. The molecule has 0 aliphatic rings. The molecule has 17 heavy (non-hydrogen) atoms. The minimum atomic E-state index is -0.971. The second-order valence-corrected chi connectivity index (χ2v) is 4.80. The lowest BCUT2D eigenvalue weighted by Crippen LogP contribution is -2.41. The molecule has 2 nitrogen and oxygen atoms in total. The number of β-amino-alcohol motifs (C(OH)–C–C–N with tert-alkyl or cyclic N) is 1. The van der Waals surface area contributed by atoms with Crippen molar-refractivity contribution in [2.75, 3.05) is 6.54 Å². The molecule has 0 fully saturated rings. The summed E-state index contributed by atoms with van der Waals surface area (Å²) in [6, 6.07) is 3.20. The number of nitrogens with one attached hydrogen (secondary N) is 1. The highest BCUT2D eigenvalue weighted by Crippen LogP contribution is 2.18. The van der Waals surface area contributed by atoms with Crippen LogP contribution in [0.15, 0.2) is 18.2 Å². The van der Waals surface area contributed by atoms with Crippen molar-refractivity contribution in [1.29, 1.82) is 0 Å². The monoisotopic (exact) mass is 243 g/mol. The number of aliphatic hydroxyl groups is 1. The van der Waals surface area contributed by atoms with Gasteiger partial charge in [-0.25, -0.2) is 8.78 Å². The molecule has 0 aromatic heterocycles. The Kier molecular flexibility index (Phi) is 4.60. The molecule has 0 saturated heterocycles. The zero-order valence-electron chi connectivity index (χ0n) is 10.4. The van der Waals surface area contributed by atoms with Crippen LogP contribution in [0, 0.1) is 11.6 Å². The van der Waals surface area contributed by atoms with E-state index in [0.717, 1.165) is 18.6 Å². The number of hydrogen-bond donors (Lipinski definition) is 2. The Morgan fingerprint density at radius 1 is 1.35 bits per heavy atom. The molecule has 0 radical (unpaired) electrons. The molecule has 1 rings (SSSR count). The number of benzene rings is 1. The molecule has 0 aliphatic heterocycles. The van der Waals surface area contributed by atoms with Gasteiger partial charge in [0.2, 0.25) is 0 Å². The molecule has 2 N–H and O–H groups in total. The van der Waals surface area contributed by atoms with Gasteiger partial charge in [0.05, 0.1) is 6.10 Å². The first-order valence-corrected chi connectivity index (χ1v) is 5.74. The van der Waals surface area contributed by atoms with Crippen molar-refractivity contribution in [3.63, 3.8) is 0 Å². The number of hydrogen-bond acceptors (Lipinski definition) is 2. The molecule has 0 heterocycles. The van der Waals surface area contributed by atoms with Crippen LogP contribution in [0.5, 0.6) is 0 Å². The van der Waals surface area contributed by atoms with E-state index < -0.39 is 17.7 Å². The van der Waals surface area contributed by atoms with Gasteiger partial charge >= 0.3 is 0 Å². The summed E-state index contributed by atoms with van der Waals surface area (Å²) in [6.45, 7) is 6.27. The Hall–Kier alpha value is -1.00. The van der Waals surface area contributed by atoms with Crippen molar-refractivity contribution >= 4 is 0 Å². The largest absolute Gasteiger partial charge is 0.387 e. The van der Waals surface area contributed by atoms with Gasteiger partial charge in [0.25, 0.3) is 0 Å². The average Bonchev–Trinajstić information content (AvgIpc) is 2.26. The quantitative estimate of drug-likeness (QED) is 0.833. The maximum absolute atomic E-state index is 13.4. The predicted octanol–water partition coefficient (Wildman–Crippen LogP) is 2.78. The minimum Gasteiger partial charge on any atom is -0.387 e. The molecule has 0 bridgehead atoms. The molecule has 4 heteroatoms. The molecule has 96 valence electrons. The Morgan fingerprint density at radius 3 is 2.53 bits per heavy atom. The molecule has 0 amide bonds. The van der Waals surface area contributed by atoms with Gasteiger partial charge in [-0.05, 0) is 26.3 Å². The maximum Gasteiger partial charge on any atom is 0.131 e. The topological polar surface area (TPSA) is 32.3 Å². The first-order chi connectivity index (χ1) is 7.85. The summed E-state index contributed by atoms with van der Waals surface area (Å²) >= 11 is 0. The van der Waals surface area contributed by atoms with Gasteiger partial charge in [-0.2, -0.15) is 0 Å².